The van der Waals surface area contributed by atoms with Gasteiger partial charge in [0, 0.05) is 48.5 Å². The third-order valence-electron chi connectivity index (χ3n) is 5.42. The third-order valence-corrected chi connectivity index (χ3v) is 5.42. The van der Waals surface area contributed by atoms with E-state index in [4.69, 9.17) is 4.98 Å². The fourth-order valence-corrected chi connectivity index (χ4v) is 3.53. The predicted octanol–water partition coefficient (Wildman–Crippen LogP) is 5.26. The molecule has 2 N–H and O–H groups in total. The number of allylic oxidation sites excluding steroid dienone is 2. The molecule has 0 amide bonds. The molecular weight excluding hydrogens is 410 g/mol. The number of rotatable bonds is 7. The first-order valence-corrected chi connectivity index (χ1v) is 10.8. The van der Waals surface area contributed by atoms with Crippen LogP contribution in [0, 0.1) is 6.92 Å². The van der Waals surface area contributed by atoms with E-state index < -0.39 is 0 Å². The van der Waals surface area contributed by atoms with E-state index >= 15 is 0 Å². The SMILES string of the molecule is C=C(/C(=C\NC)c1cnc2ccc(Nc3cc(C(C)C)cnn3)nc2c1)c1cnccc1C. The van der Waals surface area contributed by atoms with Crippen LogP contribution in [0.25, 0.3) is 22.2 Å². The van der Waals surface area contributed by atoms with Crippen molar-refractivity contribution in [1.29, 1.82) is 0 Å². The van der Waals surface area contributed by atoms with Crippen molar-refractivity contribution < 1.29 is 0 Å². The highest BCUT2D eigenvalue weighted by Gasteiger charge is 2.13. The number of pyridine rings is 3. The van der Waals surface area contributed by atoms with Crippen molar-refractivity contribution in [2.24, 2.45) is 0 Å². The number of aromatic nitrogens is 5. The molecule has 4 heterocycles. The summed E-state index contributed by atoms with van der Waals surface area (Å²) in [6, 6.07) is 9.82. The van der Waals surface area contributed by atoms with Crippen molar-refractivity contribution in [3.8, 4) is 0 Å². The second-order valence-electron chi connectivity index (χ2n) is 8.13. The summed E-state index contributed by atoms with van der Waals surface area (Å²) in [6.45, 7) is 10.6. The molecule has 166 valence electrons. The molecule has 0 radical (unpaired) electrons. The molecule has 0 aliphatic carbocycles. The van der Waals surface area contributed by atoms with Crippen LogP contribution in [0.5, 0.6) is 0 Å². The van der Waals surface area contributed by atoms with Crippen LogP contribution in [-0.2, 0) is 0 Å². The summed E-state index contributed by atoms with van der Waals surface area (Å²) in [7, 11) is 1.87. The van der Waals surface area contributed by atoms with Crippen LogP contribution in [0.3, 0.4) is 0 Å². The quantitative estimate of drug-likeness (QED) is 0.381. The lowest BCUT2D eigenvalue weighted by Crippen LogP contribution is -2.02. The number of nitrogens with one attached hydrogen (secondary N) is 2. The molecule has 33 heavy (non-hydrogen) atoms. The highest BCUT2D eigenvalue weighted by Crippen LogP contribution is 2.31. The normalized spacial score (nSPS) is 11.6. The number of aryl methyl sites for hydroxylation is 1. The molecule has 4 rings (SSSR count). The highest BCUT2D eigenvalue weighted by atomic mass is 15.2. The standard InChI is InChI=1S/C26H27N7/c1-16(2)19-11-26(33-30-13-19)32-25-7-6-23-24(31-25)10-20(12-29-23)22(14-27-5)18(4)21-15-28-9-8-17(21)3/h6-16,27H,4H2,1-3,5H3,(H,31,32,33)/b22-14+. The van der Waals surface area contributed by atoms with Gasteiger partial charge in [-0.2, -0.15) is 5.10 Å². The van der Waals surface area contributed by atoms with Gasteiger partial charge < -0.3 is 10.6 Å². The average Bonchev–Trinajstić information content (AvgIpc) is 2.82. The van der Waals surface area contributed by atoms with E-state index in [1.807, 2.05) is 56.0 Å². The van der Waals surface area contributed by atoms with E-state index in [1.54, 1.807) is 12.4 Å². The zero-order valence-electron chi connectivity index (χ0n) is 19.3. The van der Waals surface area contributed by atoms with Gasteiger partial charge in [0.25, 0.3) is 0 Å². The zero-order valence-corrected chi connectivity index (χ0v) is 19.3. The summed E-state index contributed by atoms with van der Waals surface area (Å²) >= 11 is 0. The number of fused-ring (bicyclic) bond motifs is 1. The summed E-state index contributed by atoms with van der Waals surface area (Å²) < 4.78 is 0. The Kier molecular flexibility index (Phi) is 6.40. The van der Waals surface area contributed by atoms with Gasteiger partial charge in [0.1, 0.15) is 5.82 Å². The zero-order chi connectivity index (χ0) is 23.4. The topological polar surface area (TPSA) is 88.5 Å². The Balaban J connectivity index is 1.69. The number of hydrogen-bond acceptors (Lipinski definition) is 7. The Morgan fingerprint density at radius 1 is 1.03 bits per heavy atom. The average molecular weight is 438 g/mol. The molecule has 0 aliphatic rings. The Hall–Kier alpha value is -4.13. The molecule has 7 nitrogen and oxygen atoms in total. The molecule has 0 spiro atoms. The molecule has 0 aromatic carbocycles. The smallest absolute Gasteiger partial charge is 0.154 e. The molecule has 7 heteroatoms. The van der Waals surface area contributed by atoms with Crippen LogP contribution in [0.2, 0.25) is 0 Å². The van der Waals surface area contributed by atoms with Crippen LogP contribution < -0.4 is 10.6 Å². The Morgan fingerprint density at radius 3 is 2.64 bits per heavy atom. The van der Waals surface area contributed by atoms with Crippen LogP contribution in [0.1, 0.15) is 42.0 Å². The first kappa shape index (κ1) is 22.1. The lowest BCUT2D eigenvalue weighted by atomic mass is 9.93. The van der Waals surface area contributed by atoms with Gasteiger partial charge in [-0.1, -0.05) is 20.4 Å². The van der Waals surface area contributed by atoms with Crippen LogP contribution in [0.15, 0.2) is 67.9 Å². The molecule has 0 atom stereocenters. The number of anilines is 2. The van der Waals surface area contributed by atoms with E-state index in [2.05, 4.69) is 58.1 Å². The first-order chi connectivity index (χ1) is 16.0. The summed E-state index contributed by atoms with van der Waals surface area (Å²) in [5.41, 5.74) is 7.50. The molecule has 0 saturated heterocycles. The van der Waals surface area contributed by atoms with Gasteiger partial charge in [-0.05, 0) is 59.9 Å². The van der Waals surface area contributed by atoms with Gasteiger partial charge in [-0.25, -0.2) is 4.98 Å². The fraction of sp³-hybridized carbons (Fsp3) is 0.192. The Labute approximate surface area is 193 Å². The molecule has 0 fully saturated rings. The van der Waals surface area contributed by atoms with Gasteiger partial charge >= 0.3 is 0 Å². The van der Waals surface area contributed by atoms with Crippen molar-refractivity contribution in [3.05, 3.63) is 90.2 Å². The van der Waals surface area contributed by atoms with Crippen molar-refractivity contribution >= 4 is 33.8 Å². The number of nitrogens with zero attached hydrogens (tertiary/aromatic N) is 5. The van der Waals surface area contributed by atoms with Gasteiger partial charge in [0.2, 0.25) is 0 Å². The largest absolute Gasteiger partial charge is 0.393 e. The van der Waals surface area contributed by atoms with Crippen LogP contribution in [0.4, 0.5) is 11.6 Å². The molecule has 0 bridgehead atoms. The van der Waals surface area contributed by atoms with Crippen molar-refractivity contribution in [3.63, 3.8) is 0 Å². The van der Waals surface area contributed by atoms with E-state index in [9.17, 15) is 0 Å². The van der Waals surface area contributed by atoms with Crippen molar-refractivity contribution in [2.45, 2.75) is 26.7 Å². The van der Waals surface area contributed by atoms with Gasteiger partial charge in [0.15, 0.2) is 5.82 Å². The Bertz CT molecular complexity index is 1340. The molecule has 0 aliphatic heterocycles. The molecule has 4 aromatic rings. The molecule has 4 aromatic heterocycles. The van der Waals surface area contributed by atoms with Crippen LogP contribution >= 0.6 is 0 Å². The second-order valence-corrected chi connectivity index (χ2v) is 8.13. The molecule has 0 saturated carbocycles. The maximum atomic E-state index is 4.77. The summed E-state index contributed by atoms with van der Waals surface area (Å²) in [4.78, 5) is 13.7. The minimum absolute atomic E-state index is 0.367. The van der Waals surface area contributed by atoms with Gasteiger partial charge in [-0.3, -0.25) is 9.97 Å². The fourth-order valence-electron chi connectivity index (χ4n) is 3.53. The second kappa shape index (κ2) is 9.56. The third kappa shape index (κ3) is 4.87. The lowest BCUT2D eigenvalue weighted by Gasteiger charge is -2.14. The van der Waals surface area contributed by atoms with Crippen LogP contribution in [-0.4, -0.2) is 32.2 Å². The molecular formula is C26H27N7. The maximum absolute atomic E-state index is 4.77. The first-order valence-electron chi connectivity index (χ1n) is 10.8. The molecule has 0 unspecified atom stereocenters. The van der Waals surface area contributed by atoms with Crippen molar-refractivity contribution in [2.75, 3.05) is 12.4 Å². The minimum Gasteiger partial charge on any atom is -0.393 e. The highest BCUT2D eigenvalue weighted by molar-refractivity contribution is 6.05. The summed E-state index contributed by atoms with van der Waals surface area (Å²) in [5, 5.41) is 14.7. The number of hydrogen-bond donors (Lipinski definition) is 2. The predicted molar refractivity (Wildman–Crippen MR) is 134 cm³/mol. The van der Waals surface area contributed by atoms with Gasteiger partial charge in [-0.15, -0.1) is 5.10 Å². The lowest BCUT2D eigenvalue weighted by molar-refractivity contribution is 0.843. The minimum atomic E-state index is 0.367. The maximum Gasteiger partial charge on any atom is 0.154 e. The van der Waals surface area contributed by atoms with Gasteiger partial charge in [0.05, 0.1) is 17.2 Å². The Morgan fingerprint density at radius 2 is 1.88 bits per heavy atom. The monoisotopic (exact) mass is 437 g/mol. The van der Waals surface area contributed by atoms with E-state index in [1.165, 1.54) is 0 Å². The van der Waals surface area contributed by atoms with E-state index in [0.717, 1.165) is 44.4 Å². The summed E-state index contributed by atoms with van der Waals surface area (Å²) in [5.74, 6) is 1.71. The van der Waals surface area contributed by atoms with E-state index in [0.29, 0.717) is 17.6 Å². The van der Waals surface area contributed by atoms with E-state index in [-0.39, 0.29) is 0 Å². The van der Waals surface area contributed by atoms with Crippen molar-refractivity contribution in [1.82, 2.24) is 30.5 Å². The summed E-state index contributed by atoms with van der Waals surface area (Å²) in [6.07, 6.45) is 9.17.